The topological polar surface area (TPSA) is 43.6 Å². The van der Waals surface area contributed by atoms with Crippen LogP contribution in [0.5, 0.6) is 0 Å². The van der Waals surface area contributed by atoms with Gasteiger partial charge in [0.15, 0.2) is 0 Å². The minimum Gasteiger partial charge on any atom is -0.268 e. The monoisotopic (exact) mass is 388 g/mol. The van der Waals surface area contributed by atoms with Crippen LogP contribution in [0, 0.1) is 0 Å². The lowest BCUT2D eigenvalue weighted by molar-refractivity contribution is 0.658. The predicted octanol–water partition coefficient (Wildman–Crippen LogP) is 5.77. The highest BCUT2D eigenvalue weighted by Gasteiger charge is 2.25. The van der Waals surface area contributed by atoms with Crippen LogP contribution in [-0.2, 0) is 13.0 Å². The molecule has 1 aliphatic heterocycles. The van der Waals surface area contributed by atoms with Gasteiger partial charge in [0.1, 0.15) is 5.69 Å². The Balaban J connectivity index is 1.59. The summed E-state index contributed by atoms with van der Waals surface area (Å²) in [5.41, 5.74) is 8.63. The molecule has 0 saturated heterocycles. The van der Waals surface area contributed by atoms with Crippen molar-refractivity contribution in [3.8, 4) is 33.8 Å². The number of hydrogen-bond acceptors (Lipinski definition) is 3. The SMILES string of the molecule is c1ccc(-c2cccc(-c3nn4c(c3-c3ccnc5ccccc35)CCC4)n2)cc1. The Bertz CT molecular complexity index is 1360. The fourth-order valence-electron chi connectivity index (χ4n) is 4.44. The van der Waals surface area contributed by atoms with Gasteiger partial charge < -0.3 is 0 Å². The van der Waals surface area contributed by atoms with Crippen LogP contribution >= 0.6 is 0 Å². The maximum absolute atomic E-state index is 5.01. The molecule has 5 aromatic rings. The average Bonchev–Trinajstić information content (AvgIpc) is 3.41. The fraction of sp³-hybridized carbons (Fsp3) is 0.115. The second-order valence-electron chi connectivity index (χ2n) is 7.65. The quantitative estimate of drug-likeness (QED) is 0.394. The first kappa shape index (κ1) is 17.1. The zero-order chi connectivity index (χ0) is 19.9. The van der Waals surface area contributed by atoms with Gasteiger partial charge in [0.25, 0.3) is 0 Å². The summed E-state index contributed by atoms with van der Waals surface area (Å²) in [7, 11) is 0. The smallest absolute Gasteiger partial charge is 0.119 e. The van der Waals surface area contributed by atoms with Gasteiger partial charge in [-0.05, 0) is 42.7 Å². The molecule has 4 nitrogen and oxygen atoms in total. The van der Waals surface area contributed by atoms with E-state index in [0.29, 0.717) is 0 Å². The standard InChI is InChI=1S/C26H20N4/c1-2-8-18(9-3-1)21-12-6-13-23(28-21)26-25(24-14-7-17-30(24)29-26)20-15-16-27-22-11-5-4-10-19(20)22/h1-6,8-13,15-16H,7,14,17H2. The number of hydrogen-bond donors (Lipinski definition) is 0. The number of pyridine rings is 2. The third-order valence-corrected chi connectivity index (χ3v) is 5.82. The van der Waals surface area contributed by atoms with Crippen molar-refractivity contribution < 1.29 is 0 Å². The van der Waals surface area contributed by atoms with E-state index >= 15 is 0 Å². The molecule has 0 aliphatic carbocycles. The summed E-state index contributed by atoms with van der Waals surface area (Å²) >= 11 is 0. The number of fused-ring (bicyclic) bond motifs is 2. The molecule has 0 unspecified atom stereocenters. The van der Waals surface area contributed by atoms with Crippen molar-refractivity contribution in [3.63, 3.8) is 0 Å². The van der Waals surface area contributed by atoms with Crippen LogP contribution in [0.2, 0.25) is 0 Å². The second-order valence-corrected chi connectivity index (χ2v) is 7.65. The highest BCUT2D eigenvalue weighted by molar-refractivity contribution is 5.98. The molecular formula is C26H20N4. The van der Waals surface area contributed by atoms with Gasteiger partial charge in [0.2, 0.25) is 0 Å². The molecule has 30 heavy (non-hydrogen) atoms. The molecule has 0 atom stereocenters. The van der Waals surface area contributed by atoms with E-state index in [-0.39, 0.29) is 0 Å². The molecule has 4 heterocycles. The van der Waals surface area contributed by atoms with Gasteiger partial charge in [0, 0.05) is 34.9 Å². The van der Waals surface area contributed by atoms with Crippen molar-refractivity contribution in [3.05, 3.63) is 90.8 Å². The van der Waals surface area contributed by atoms with E-state index in [0.717, 1.165) is 52.9 Å². The summed E-state index contributed by atoms with van der Waals surface area (Å²) in [4.78, 5) is 9.56. The molecule has 0 N–H and O–H groups in total. The van der Waals surface area contributed by atoms with Gasteiger partial charge in [-0.3, -0.25) is 9.67 Å². The van der Waals surface area contributed by atoms with E-state index in [9.17, 15) is 0 Å². The summed E-state index contributed by atoms with van der Waals surface area (Å²) in [6, 6.07) is 26.9. The molecule has 0 amide bonds. The van der Waals surface area contributed by atoms with E-state index in [1.165, 1.54) is 16.8 Å². The summed E-state index contributed by atoms with van der Waals surface area (Å²) < 4.78 is 2.16. The zero-order valence-electron chi connectivity index (χ0n) is 16.5. The number of aryl methyl sites for hydroxylation is 1. The van der Waals surface area contributed by atoms with Crippen molar-refractivity contribution in [1.29, 1.82) is 0 Å². The van der Waals surface area contributed by atoms with E-state index in [1.807, 2.05) is 30.5 Å². The Morgan fingerprint density at radius 2 is 1.60 bits per heavy atom. The molecule has 3 aromatic heterocycles. The molecule has 0 fully saturated rings. The Morgan fingerprint density at radius 3 is 2.53 bits per heavy atom. The van der Waals surface area contributed by atoms with Gasteiger partial charge in [0.05, 0.1) is 16.9 Å². The fourth-order valence-corrected chi connectivity index (χ4v) is 4.44. The number of para-hydroxylation sites is 1. The largest absolute Gasteiger partial charge is 0.268 e. The molecule has 6 rings (SSSR count). The lowest BCUT2D eigenvalue weighted by Gasteiger charge is -2.09. The minimum atomic E-state index is 0.911. The van der Waals surface area contributed by atoms with Crippen LogP contribution in [0.15, 0.2) is 85.1 Å². The lowest BCUT2D eigenvalue weighted by atomic mass is 9.96. The Labute approximate surface area is 174 Å². The lowest BCUT2D eigenvalue weighted by Crippen LogP contribution is -1.95. The van der Waals surface area contributed by atoms with Gasteiger partial charge in [-0.15, -0.1) is 0 Å². The summed E-state index contributed by atoms with van der Waals surface area (Å²) in [5, 5.41) is 6.17. The number of rotatable bonds is 3. The average molecular weight is 388 g/mol. The Morgan fingerprint density at radius 1 is 0.767 bits per heavy atom. The van der Waals surface area contributed by atoms with E-state index in [4.69, 9.17) is 10.1 Å². The first-order valence-corrected chi connectivity index (χ1v) is 10.4. The number of aromatic nitrogens is 4. The Hall–Kier alpha value is -3.79. The maximum Gasteiger partial charge on any atom is 0.119 e. The van der Waals surface area contributed by atoms with E-state index in [1.54, 1.807) is 0 Å². The maximum atomic E-state index is 5.01. The third-order valence-electron chi connectivity index (χ3n) is 5.82. The number of benzene rings is 2. The van der Waals surface area contributed by atoms with Gasteiger partial charge in [-0.1, -0.05) is 54.6 Å². The number of nitrogens with zero attached hydrogens (tertiary/aromatic N) is 4. The molecule has 144 valence electrons. The first-order valence-electron chi connectivity index (χ1n) is 10.4. The highest BCUT2D eigenvalue weighted by Crippen LogP contribution is 2.39. The molecule has 0 spiro atoms. The van der Waals surface area contributed by atoms with Gasteiger partial charge >= 0.3 is 0 Å². The van der Waals surface area contributed by atoms with Crippen LogP contribution in [0.1, 0.15) is 12.1 Å². The minimum absolute atomic E-state index is 0.911. The van der Waals surface area contributed by atoms with Crippen molar-refractivity contribution >= 4 is 10.9 Å². The van der Waals surface area contributed by atoms with Crippen LogP contribution in [0.4, 0.5) is 0 Å². The van der Waals surface area contributed by atoms with E-state index in [2.05, 4.69) is 64.3 Å². The van der Waals surface area contributed by atoms with Crippen LogP contribution < -0.4 is 0 Å². The summed E-state index contributed by atoms with van der Waals surface area (Å²) in [6.45, 7) is 0.962. The molecule has 2 aromatic carbocycles. The highest BCUT2D eigenvalue weighted by atomic mass is 15.3. The third kappa shape index (κ3) is 2.72. The van der Waals surface area contributed by atoms with Gasteiger partial charge in [-0.2, -0.15) is 5.10 Å². The molecule has 1 aliphatic rings. The van der Waals surface area contributed by atoms with Crippen molar-refractivity contribution in [2.75, 3.05) is 0 Å². The van der Waals surface area contributed by atoms with Crippen LogP contribution in [-0.4, -0.2) is 19.7 Å². The van der Waals surface area contributed by atoms with Gasteiger partial charge in [-0.25, -0.2) is 4.98 Å². The van der Waals surface area contributed by atoms with Crippen LogP contribution in [0.3, 0.4) is 0 Å². The van der Waals surface area contributed by atoms with E-state index < -0.39 is 0 Å². The van der Waals surface area contributed by atoms with Crippen molar-refractivity contribution in [1.82, 2.24) is 19.7 Å². The zero-order valence-corrected chi connectivity index (χ0v) is 16.5. The summed E-state index contributed by atoms with van der Waals surface area (Å²) in [5.74, 6) is 0. The second kappa shape index (κ2) is 6.92. The molecule has 0 bridgehead atoms. The predicted molar refractivity (Wildman–Crippen MR) is 120 cm³/mol. The molecule has 4 heteroatoms. The Kier molecular flexibility index (Phi) is 3.94. The van der Waals surface area contributed by atoms with Crippen molar-refractivity contribution in [2.45, 2.75) is 19.4 Å². The normalized spacial score (nSPS) is 12.9. The first-order chi connectivity index (χ1) is 14.9. The summed E-state index contributed by atoms with van der Waals surface area (Å²) in [6.07, 6.45) is 4.07. The molecule has 0 radical (unpaired) electrons. The van der Waals surface area contributed by atoms with Crippen molar-refractivity contribution in [2.24, 2.45) is 0 Å². The molecule has 0 saturated carbocycles. The van der Waals surface area contributed by atoms with Crippen LogP contribution in [0.25, 0.3) is 44.7 Å². The molecular weight excluding hydrogens is 368 g/mol.